The van der Waals surface area contributed by atoms with E-state index in [1.807, 2.05) is 13.0 Å². The van der Waals surface area contributed by atoms with Crippen LogP contribution in [0.2, 0.25) is 0 Å². The fourth-order valence-electron chi connectivity index (χ4n) is 1.55. The predicted molar refractivity (Wildman–Crippen MR) is 87.1 cm³/mol. The van der Waals surface area contributed by atoms with Gasteiger partial charge >= 0.3 is 6.03 Å². The first-order valence-electron chi connectivity index (χ1n) is 7.00. The van der Waals surface area contributed by atoms with Crippen molar-refractivity contribution < 1.29 is 14.3 Å². The minimum absolute atomic E-state index is 0.0320. The Bertz CT molecular complexity index is 541. The Morgan fingerprint density at radius 2 is 2.05 bits per heavy atom. The van der Waals surface area contributed by atoms with Crippen LogP contribution in [0.25, 0.3) is 0 Å². The molecule has 0 heterocycles. The summed E-state index contributed by atoms with van der Waals surface area (Å²) in [5.74, 6) is 0.624. The molecule has 1 aromatic rings. The van der Waals surface area contributed by atoms with Gasteiger partial charge in [0.2, 0.25) is 5.91 Å². The van der Waals surface area contributed by atoms with Gasteiger partial charge in [-0.1, -0.05) is 12.6 Å². The van der Waals surface area contributed by atoms with E-state index in [0.717, 1.165) is 5.57 Å². The smallest absolute Gasteiger partial charge is 0.319 e. The lowest BCUT2D eigenvalue weighted by Gasteiger charge is -2.12. The number of carbonyl (C=O) groups is 2. The van der Waals surface area contributed by atoms with Crippen molar-refractivity contribution in [1.29, 1.82) is 0 Å². The molecule has 6 nitrogen and oxygen atoms in total. The first kappa shape index (κ1) is 17.6. The number of anilines is 1. The average Bonchev–Trinajstić information content (AvgIpc) is 2.45. The maximum absolute atomic E-state index is 11.7. The average molecular weight is 305 g/mol. The summed E-state index contributed by atoms with van der Waals surface area (Å²) in [6, 6.07) is 6.73. The fraction of sp³-hybridized carbons (Fsp3) is 0.375. The van der Waals surface area contributed by atoms with Crippen LogP contribution in [-0.4, -0.2) is 44.1 Å². The molecule has 2 N–H and O–H groups in total. The van der Waals surface area contributed by atoms with Crippen LogP contribution in [0.5, 0.6) is 5.75 Å². The summed E-state index contributed by atoms with van der Waals surface area (Å²) in [6.45, 7) is 6.36. The van der Waals surface area contributed by atoms with Gasteiger partial charge in [0.1, 0.15) is 12.4 Å². The molecule has 0 fully saturated rings. The quantitative estimate of drug-likeness (QED) is 0.759. The SMILES string of the molecule is C=C(C)COc1cccc(NC(=O)NCCC(=O)N(C)C)c1. The van der Waals surface area contributed by atoms with Gasteiger partial charge in [-0.3, -0.25) is 4.79 Å². The number of hydrogen-bond acceptors (Lipinski definition) is 3. The summed E-state index contributed by atoms with van der Waals surface area (Å²) < 4.78 is 5.51. The number of urea groups is 1. The van der Waals surface area contributed by atoms with E-state index < -0.39 is 0 Å². The first-order chi connectivity index (χ1) is 10.4. The van der Waals surface area contributed by atoms with Gasteiger partial charge in [0.05, 0.1) is 0 Å². The van der Waals surface area contributed by atoms with Gasteiger partial charge in [-0.15, -0.1) is 0 Å². The molecule has 6 heteroatoms. The number of nitrogens with one attached hydrogen (secondary N) is 2. The van der Waals surface area contributed by atoms with E-state index in [1.54, 1.807) is 32.3 Å². The summed E-state index contributed by atoms with van der Waals surface area (Å²) in [5, 5.41) is 5.33. The van der Waals surface area contributed by atoms with Gasteiger partial charge in [0.15, 0.2) is 0 Å². The Balaban J connectivity index is 2.42. The van der Waals surface area contributed by atoms with E-state index in [4.69, 9.17) is 4.74 Å². The third-order valence-corrected chi connectivity index (χ3v) is 2.70. The predicted octanol–water partition coefficient (Wildman–Crippen LogP) is 2.24. The van der Waals surface area contributed by atoms with Crippen molar-refractivity contribution in [3.05, 3.63) is 36.4 Å². The molecule has 0 bridgehead atoms. The lowest BCUT2D eigenvalue weighted by atomic mass is 10.3. The Kier molecular flexibility index (Phi) is 6.95. The lowest BCUT2D eigenvalue weighted by molar-refractivity contribution is -0.128. The lowest BCUT2D eigenvalue weighted by Crippen LogP contribution is -2.33. The molecule has 0 aliphatic carbocycles. The minimum atomic E-state index is -0.358. The van der Waals surface area contributed by atoms with Crippen molar-refractivity contribution >= 4 is 17.6 Å². The van der Waals surface area contributed by atoms with E-state index in [1.165, 1.54) is 4.90 Å². The number of benzene rings is 1. The van der Waals surface area contributed by atoms with Crippen LogP contribution in [0.4, 0.5) is 10.5 Å². The Hall–Kier alpha value is -2.50. The molecule has 0 radical (unpaired) electrons. The summed E-state index contributed by atoms with van der Waals surface area (Å²) in [4.78, 5) is 24.6. The highest BCUT2D eigenvalue weighted by molar-refractivity contribution is 5.89. The number of hydrogen-bond donors (Lipinski definition) is 2. The van der Waals surface area contributed by atoms with Crippen molar-refractivity contribution in [2.75, 3.05) is 32.6 Å². The van der Waals surface area contributed by atoms with Crippen LogP contribution in [0, 0.1) is 0 Å². The molecular weight excluding hydrogens is 282 g/mol. The zero-order valence-electron chi connectivity index (χ0n) is 13.3. The largest absolute Gasteiger partial charge is 0.489 e. The molecule has 1 rings (SSSR count). The van der Waals surface area contributed by atoms with Crippen molar-refractivity contribution in [3.8, 4) is 5.75 Å². The highest BCUT2D eigenvalue weighted by atomic mass is 16.5. The molecule has 3 amide bonds. The van der Waals surface area contributed by atoms with Crippen LogP contribution in [0.1, 0.15) is 13.3 Å². The topological polar surface area (TPSA) is 70.7 Å². The highest BCUT2D eigenvalue weighted by Crippen LogP contribution is 2.17. The van der Waals surface area contributed by atoms with E-state index >= 15 is 0 Å². The molecule has 0 atom stereocenters. The second-order valence-corrected chi connectivity index (χ2v) is 5.19. The van der Waals surface area contributed by atoms with Crippen molar-refractivity contribution in [2.24, 2.45) is 0 Å². The van der Waals surface area contributed by atoms with Crippen molar-refractivity contribution in [2.45, 2.75) is 13.3 Å². The second kappa shape index (κ2) is 8.71. The molecule has 0 aliphatic heterocycles. The fourth-order valence-corrected chi connectivity index (χ4v) is 1.55. The van der Waals surface area contributed by atoms with E-state index in [-0.39, 0.29) is 24.9 Å². The molecular formula is C16H23N3O3. The third kappa shape index (κ3) is 6.78. The molecule has 120 valence electrons. The molecule has 0 spiro atoms. The second-order valence-electron chi connectivity index (χ2n) is 5.19. The Morgan fingerprint density at radius 1 is 1.32 bits per heavy atom. The molecule has 0 aromatic heterocycles. The van der Waals surface area contributed by atoms with Gasteiger partial charge in [0, 0.05) is 38.8 Å². The van der Waals surface area contributed by atoms with Gasteiger partial charge in [-0.05, 0) is 24.6 Å². The van der Waals surface area contributed by atoms with Crippen LogP contribution in [0.15, 0.2) is 36.4 Å². The monoisotopic (exact) mass is 305 g/mol. The standard InChI is InChI=1S/C16H23N3O3/c1-12(2)11-22-14-7-5-6-13(10-14)18-16(21)17-9-8-15(20)19(3)4/h5-7,10H,1,8-9,11H2,2-4H3,(H2,17,18,21). The van der Waals surface area contributed by atoms with E-state index in [2.05, 4.69) is 17.2 Å². The molecule has 0 unspecified atom stereocenters. The summed E-state index contributed by atoms with van der Waals surface area (Å²) in [7, 11) is 3.36. The maximum Gasteiger partial charge on any atom is 0.319 e. The zero-order chi connectivity index (χ0) is 16.5. The minimum Gasteiger partial charge on any atom is -0.489 e. The van der Waals surface area contributed by atoms with Crippen LogP contribution in [0.3, 0.4) is 0 Å². The number of rotatable bonds is 7. The van der Waals surface area contributed by atoms with Crippen LogP contribution < -0.4 is 15.4 Å². The molecule has 1 aromatic carbocycles. The van der Waals surface area contributed by atoms with Crippen LogP contribution >= 0.6 is 0 Å². The maximum atomic E-state index is 11.7. The molecule has 0 saturated carbocycles. The van der Waals surface area contributed by atoms with Gasteiger partial charge in [0.25, 0.3) is 0 Å². The van der Waals surface area contributed by atoms with E-state index in [0.29, 0.717) is 18.0 Å². The normalized spacial score (nSPS) is 9.77. The summed E-state index contributed by atoms with van der Waals surface area (Å²) in [6.07, 6.45) is 0.266. The van der Waals surface area contributed by atoms with Gasteiger partial charge in [-0.2, -0.15) is 0 Å². The molecule has 22 heavy (non-hydrogen) atoms. The van der Waals surface area contributed by atoms with Crippen LogP contribution in [-0.2, 0) is 4.79 Å². The number of nitrogens with zero attached hydrogens (tertiary/aromatic N) is 1. The van der Waals surface area contributed by atoms with Gasteiger partial charge in [-0.25, -0.2) is 4.79 Å². The van der Waals surface area contributed by atoms with Gasteiger partial charge < -0.3 is 20.3 Å². The molecule has 0 aliphatic rings. The Labute approximate surface area is 131 Å². The zero-order valence-corrected chi connectivity index (χ0v) is 13.3. The summed E-state index contributed by atoms with van der Waals surface area (Å²) in [5.41, 5.74) is 1.54. The van der Waals surface area contributed by atoms with Crippen molar-refractivity contribution in [1.82, 2.24) is 10.2 Å². The summed E-state index contributed by atoms with van der Waals surface area (Å²) >= 11 is 0. The third-order valence-electron chi connectivity index (χ3n) is 2.70. The first-order valence-corrected chi connectivity index (χ1v) is 7.00. The van der Waals surface area contributed by atoms with Crippen molar-refractivity contribution in [3.63, 3.8) is 0 Å². The molecule has 0 saturated heterocycles. The number of ether oxygens (including phenoxy) is 1. The highest BCUT2D eigenvalue weighted by Gasteiger charge is 2.06. The number of carbonyl (C=O) groups excluding carboxylic acids is 2. The number of amides is 3. The van der Waals surface area contributed by atoms with E-state index in [9.17, 15) is 9.59 Å². The Morgan fingerprint density at radius 3 is 2.68 bits per heavy atom.